The predicted molar refractivity (Wildman–Crippen MR) is 79.9 cm³/mol. The molecule has 0 aliphatic heterocycles. The molecule has 19 heavy (non-hydrogen) atoms. The van der Waals surface area contributed by atoms with Gasteiger partial charge in [-0.3, -0.25) is 4.98 Å². The molecule has 0 radical (unpaired) electrons. The Kier molecular flexibility index (Phi) is 3.28. The van der Waals surface area contributed by atoms with Crippen LogP contribution in [0.25, 0.3) is 10.8 Å². The molecule has 1 aromatic heterocycles. The SMILES string of the molecule is CCC1CCCC(N)(c2cncc3ccccc23)C1. The van der Waals surface area contributed by atoms with Gasteiger partial charge in [-0.2, -0.15) is 0 Å². The first kappa shape index (κ1) is 12.6. The third-order valence-corrected chi connectivity index (χ3v) is 4.67. The molecule has 0 saturated heterocycles. The van der Waals surface area contributed by atoms with Crippen LogP contribution in [0.3, 0.4) is 0 Å². The largest absolute Gasteiger partial charge is 0.321 e. The zero-order chi connectivity index (χ0) is 13.3. The van der Waals surface area contributed by atoms with Crippen LogP contribution in [0.1, 0.15) is 44.6 Å². The van der Waals surface area contributed by atoms with Crippen LogP contribution >= 0.6 is 0 Å². The zero-order valence-corrected chi connectivity index (χ0v) is 11.6. The van der Waals surface area contributed by atoms with Gasteiger partial charge in [-0.15, -0.1) is 0 Å². The predicted octanol–water partition coefficient (Wildman–Crippen LogP) is 3.99. The van der Waals surface area contributed by atoms with Gasteiger partial charge < -0.3 is 5.73 Å². The number of nitrogens with two attached hydrogens (primary N) is 1. The molecule has 2 N–H and O–H groups in total. The Labute approximate surface area is 115 Å². The summed E-state index contributed by atoms with van der Waals surface area (Å²) in [5.74, 6) is 0.762. The van der Waals surface area contributed by atoms with Crippen molar-refractivity contribution in [1.82, 2.24) is 4.98 Å². The summed E-state index contributed by atoms with van der Waals surface area (Å²) in [5, 5.41) is 2.47. The van der Waals surface area contributed by atoms with Gasteiger partial charge in [0.25, 0.3) is 0 Å². The number of fused-ring (bicyclic) bond motifs is 1. The molecule has 1 aromatic carbocycles. The maximum Gasteiger partial charge on any atom is 0.0433 e. The minimum Gasteiger partial charge on any atom is -0.321 e. The number of rotatable bonds is 2. The number of hydrogen-bond donors (Lipinski definition) is 1. The third kappa shape index (κ3) is 2.25. The molecule has 2 aromatic rings. The van der Waals surface area contributed by atoms with Crippen molar-refractivity contribution in [1.29, 1.82) is 0 Å². The van der Waals surface area contributed by atoms with Crippen LogP contribution in [0, 0.1) is 5.92 Å². The molecule has 1 fully saturated rings. The van der Waals surface area contributed by atoms with E-state index in [4.69, 9.17) is 5.73 Å². The molecular formula is C17H22N2. The van der Waals surface area contributed by atoms with E-state index < -0.39 is 0 Å². The van der Waals surface area contributed by atoms with Crippen LogP contribution in [0.5, 0.6) is 0 Å². The van der Waals surface area contributed by atoms with Crippen molar-refractivity contribution in [2.24, 2.45) is 11.7 Å². The van der Waals surface area contributed by atoms with E-state index in [9.17, 15) is 0 Å². The van der Waals surface area contributed by atoms with Crippen LogP contribution in [-0.2, 0) is 5.54 Å². The fourth-order valence-corrected chi connectivity index (χ4v) is 3.53. The minimum absolute atomic E-state index is 0.188. The van der Waals surface area contributed by atoms with Gasteiger partial charge >= 0.3 is 0 Å². The number of hydrogen-bond acceptors (Lipinski definition) is 2. The van der Waals surface area contributed by atoms with Gasteiger partial charge in [0.05, 0.1) is 0 Å². The number of nitrogens with zero attached hydrogens (tertiary/aromatic N) is 1. The first-order chi connectivity index (χ1) is 9.23. The summed E-state index contributed by atoms with van der Waals surface area (Å²) in [6, 6.07) is 8.45. The summed E-state index contributed by atoms with van der Waals surface area (Å²) in [6.07, 6.45) is 9.89. The normalized spacial score (nSPS) is 27.6. The van der Waals surface area contributed by atoms with Crippen LogP contribution in [-0.4, -0.2) is 4.98 Å². The maximum absolute atomic E-state index is 6.77. The lowest BCUT2D eigenvalue weighted by Gasteiger charge is -2.38. The van der Waals surface area contributed by atoms with Gasteiger partial charge in [0.2, 0.25) is 0 Å². The Balaban J connectivity index is 2.07. The highest BCUT2D eigenvalue weighted by atomic mass is 14.8. The van der Waals surface area contributed by atoms with E-state index in [0.717, 1.165) is 18.8 Å². The van der Waals surface area contributed by atoms with Gasteiger partial charge in [-0.1, -0.05) is 50.5 Å². The van der Waals surface area contributed by atoms with Gasteiger partial charge in [0.1, 0.15) is 0 Å². The van der Waals surface area contributed by atoms with Gasteiger partial charge in [0, 0.05) is 23.3 Å². The topological polar surface area (TPSA) is 38.9 Å². The van der Waals surface area contributed by atoms with Crippen molar-refractivity contribution >= 4 is 10.8 Å². The van der Waals surface area contributed by atoms with Gasteiger partial charge in [-0.05, 0) is 29.7 Å². The first-order valence-corrected chi connectivity index (χ1v) is 7.35. The van der Waals surface area contributed by atoms with Crippen LogP contribution in [0.4, 0.5) is 0 Å². The van der Waals surface area contributed by atoms with Crippen LogP contribution in [0.2, 0.25) is 0 Å². The molecule has 1 saturated carbocycles. The molecule has 2 atom stereocenters. The lowest BCUT2D eigenvalue weighted by Crippen LogP contribution is -2.41. The van der Waals surface area contributed by atoms with Crippen molar-refractivity contribution in [2.45, 2.75) is 44.6 Å². The van der Waals surface area contributed by atoms with Gasteiger partial charge in [0.15, 0.2) is 0 Å². The molecule has 0 amide bonds. The molecule has 2 nitrogen and oxygen atoms in total. The molecule has 1 heterocycles. The summed E-state index contributed by atoms with van der Waals surface area (Å²) in [5.41, 5.74) is 7.82. The number of pyridine rings is 1. The minimum atomic E-state index is -0.188. The summed E-state index contributed by atoms with van der Waals surface area (Å²) >= 11 is 0. The zero-order valence-electron chi connectivity index (χ0n) is 11.6. The van der Waals surface area contributed by atoms with E-state index in [2.05, 4.69) is 36.2 Å². The van der Waals surface area contributed by atoms with E-state index in [1.54, 1.807) is 0 Å². The third-order valence-electron chi connectivity index (χ3n) is 4.67. The van der Waals surface area contributed by atoms with E-state index in [-0.39, 0.29) is 5.54 Å². The van der Waals surface area contributed by atoms with E-state index in [1.807, 2.05) is 12.4 Å². The summed E-state index contributed by atoms with van der Waals surface area (Å²) in [6.45, 7) is 2.28. The van der Waals surface area contributed by atoms with Crippen molar-refractivity contribution in [3.63, 3.8) is 0 Å². The van der Waals surface area contributed by atoms with Crippen molar-refractivity contribution in [3.05, 3.63) is 42.2 Å². The van der Waals surface area contributed by atoms with Gasteiger partial charge in [-0.25, -0.2) is 0 Å². The van der Waals surface area contributed by atoms with Crippen LogP contribution < -0.4 is 5.73 Å². The highest BCUT2D eigenvalue weighted by Crippen LogP contribution is 2.41. The number of benzene rings is 1. The van der Waals surface area contributed by atoms with Crippen molar-refractivity contribution in [3.8, 4) is 0 Å². The van der Waals surface area contributed by atoms with Crippen molar-refractivity contribution in [2.75, 3.05) is 0 Å². The van der Waals surface area contributed by atoms with Crippen molar-refractivity contribution < 1.29 is 0 Å². The summed E-state index contributed by atoms with van der Waals surface area (Å²) < 4.78 is 0. The smallest absolute Gasteiger partial charge is 0.0433 e. The van der Waals surface area contributed by atoms with Crippen LogP contribution in [0.15, 0.2) is 36.7 Å². The molecule has 0 spiro atoms. The van der Waals surface area contributed by atoms with E-state index >= 15 is 0 Å². The standard InChI is InChI=1S/C17H22N2/c1-2-13-6-5-9-17(18,10-13)16-12-19-11-14-7-3-4-8-15(14)16/h3-4,7-8,11-13H,2,5-6,9-10,18H2,1H3. The lowest BCUT2D eigenvalue weighted by atomic mass is 9.71. The van der Waals surface area contributed by atoms with E-state index in [0.29, 0.717) is 0 Å². The molecule has 3 rings (SSSR count). The average Bonchev–Trinajstić information content (AvgIpc) is 2.46. The molecule has 1 aliphatic rings. The summed E-state index contributed by atoms with van der Waals surface area (Å²) in [4.78, 5) is 4.40. The molecule has 2 heteroatoms. The Hall–Kier alpha value is -1.41. The average molecular weight is 254 g/mol. The quantitative estimate of drug-likeness (QED) is 0.880. The Bertz CT molecular complexity index is 573. The van der Waals surface area contributed by atoms with E-state index in [1.165, 1.54) is 35.6 Å². The Morgan fingerprint density at radius 2 is 2.16 bits per heavy atom. The second-order valence-corrected chi connectivity index (χ2v) is 5.93. The highest BCUT2D eigenvalue weighted by molar-refractivity contribution is 5.85. The molecule has 100 valence electrons. The second-order valence-electron chi connectivity index (χ2n) is 5.93. The molecule has 0 bridgehead atoms. The monoisotopic (exact) mass is 254 g/mol. The fraction of sp³-hybridized carbons (Fsp3) is 0.471. The molecular weight excluding hydrogens is 232 g/mol. The molecule has 2 unspecified atom stereocenters. The Morgan fingerprint density at radius 1 is 1.32 bits per heavy atom. The second kappa shape index (κ2) is 4.93. The maximum atomic E-state index is 6.77. The fourth-order valence-electron chi connectivity index (χ4n) is 3.53. The number of aromatic nitrogens is 1. The summed E-state index contributed by atoms with van der Waals surface area (Å²) in [7, 11) is 0. The first-order valence-electron chi connectivity index (χ1n) is 7.35. The lowest BCUT2D eigenvalue weighted by molar-refractivity contribution is 0.222. The molecule has 1 aliphatic carbocycles. The Morgan fingerprint density at radius 3 is 3.00 bits per heavy atom. The highest BCUT2D eigenvalue weighted by Gasteiger charge is 2.34.